The summed E-state index contributed by atoms with van der Waals surface area (Å²) in [5.74, 6) is 0.869. The van der Waals surface area contributed by atoms with Crippen molar-refractivity contribution in [1.82, 2.24) is 15.2 Å². The van der Waals surface area contributed by atoms with E-state index in [4.69, 9.17) is 17.3 Å². The normalized spacial score (nSPS) is 11.0. The predicted molar refractivity (Wildman–Crippen MR) is 61.2 cm³/mol. The quantitative estimate of drug-likeness (QED) is 0.816. The third-order valence-corrected chi connectivity index (χ3v) is 2.08. The Kier molecular flexibility index (Phi) is 2.69. The van der Waals surface area contributed by atoms with E-state index in [1.54, 1.807) is 6.08 Å². The van der Waals surface area contributed by atoms with Gasteiger partial charge in [0.25, 0.3) is 0 Å². The van der Waals surface area contributed by atoms with Crippen LogP contribution in [0.3, 0.4) is 0 Å². The van der Waals surface area contributed by atoms with E-state index >= 15 is 0 Å². The number of hydrogen-bond donors (Lipinski definition) is 2. The SMILES string of the molecule is Nc1n[nH]c(/C=C/c2ccc(Cl)cc2)n1. The maximum atomic E-state index is 5.76. The first-order chi connectivity index (χ1) is 7.24. The van der Waals surface area contributed by atoms with Crippen LogP contribution in [0.25, 0.3) is 12.2 Å². The molecular formula is C10H9ClN4. The third kappa shape index (κ3) is 2.57. The molecule has 4 nitrogen and oxygen atoms in total. The van der Waals surface area contributed by atoms with Crippen LogP contribution in [0.5, 0.6) is 0 Å². The molecule has 0 amide bonds. The van der Waals surface area contributed by atoms with Gasteiger partial charge in [-0.1, -0.05) is 29.8 Å². The third-order valence-electron chi connectivity index (χ3n) is 1.82. The maximum absolute atomic E-state index is 5.76. The largest absolute Gasteiger partial charge is 0.366 e. The molecule has 0 bridgehead atoms. The number of nitrogens with two attached hydrogens (primary N) is 1. The molecule has 1 aromatic heterocycles. The van der Waals surface area contributed by atoms with Crippen LogP contribution in [0.2, 0.25) is 5.02 Å². The molecule has 1 aromatic carbocycles. The van der Waals surface area contributed by atoms with Gasteiger partial charge in [-0.15, -0.1) is 5.10 Å². The van der Waals surface area contributed by atoms with Crippen molar-refractivity contribution in [1.29, 1.82) is 0 Å². The lowest BCUT2D eigenvalue weighted by Gasteiger charge is -1.92. The number of aromatic amines is 1. The minimum absolute atomic E-state index is 0.241. The van der Waals surface area contributed by atoms with Gasteiger partial charge in [-0.2, -0.15) is 4.98 Å². The smallest absolute Gasteiger partial charge is 0.239 e. The lowest BCUT2D eigenvalue weighted by Crippen LogP contribution is -1.85. The molecule has 0 saturated carbocycles. The fourth-order valence-corrected chi connectivity index (χ4v) is 1.24. The number of nitrogens with zero attached hydrogens (tertiary/aromatic N) is 2. The van der Waals surface area contributed by atoms with Crippen molar-refractivity contribution in [2.75, 3.05) is 5.73 Å². The number of halogens is 1. The van der Waals surface area contributed by atoms with Gasteiger partial charge in [-0.05, 0) is 23.8 Å². The number of aromatic nitrogens is 3. The first kappa shape index (κ1) is 9.73. The minimum atomic E-state index is 0.241. The van der Waals surface area contributed by atoms with Crippen molar-refractivity contribution >= 4 is 29.7 Å². The summed E-state index contributed by atoms with van der Waals surface area (Å²) in [4.78, 5) is 3.94. The van der Waals surface area contributed by atoms with E-state index < -0.39 is 0 Å². The zero-order valence-corrected chi connectivity index (χ0v) is 8.57. The van der Waals surface area contributed by atoms with Crippen LogP contribution < -0.4 is 5.73 Å². The van der Waals surface area contributed by atoms with E-state index in [-0.39, 0.29) is 5.95 Å². The van der Waals surface area contributed by atoms with Crippen molar-refractivity contribution in [2.24, 2.45) is 0 Å². The zero-order valence-electron chi connectivity index (χ0n) is 7.81. The number of nitrogen functional groups attached to an aromatic ring is 1. The van der Waals surface area contributed by atoms with E-state index in [1.165, 1.54) is 0 Å². The molecule has 1 heterocycles. The Morgan fingerprint density at radius 3 is 2.53 bits per heavy atom. The summed E-state index contributed by atoms with van der Waals surface area (Å²) in [6.45, 7) is 0. The molecule has 0 saturated heterocycles. The predicted octanol–water partition coefficient (Wildman–Crippen LogP) is 2.21. The molecule has 0 fully saturated rings. The highest BCUT2D eigenvalue weighted by atomic mass is 35.5. The highest BCUT2D eigenvalue weighted by molar-refractivity contribution is 6.30. The Labute approximate surface area is 91.8 Å². The second-order valence-electron chi connectivity index (χ2n) is 2.96. The van der Waals surface area contributed by atoms with Crippen LogP contribution in [-0.2, 0) is 0 Å². The lowest BCUT2D eigenvalue weighted by molar-refractivity contribution is 1.09. The molecular weight excluding hydrogens is 212 g/mol. The number of benzene rings is 1. The van der Waals surface area contributed by atoms with E-state index in [0.717, 1.165) is 10.6 Å². The molecule has 0 radical (unpaired) electrons. The van der Waals surface area contributed by atoms with Gasteiger partial charge in [0.1, 0.15) is 5.82 Å². The molecule has 76 valence electrons. The maximum Gasteiger partial charge on any atom is 0.239 e. The van der Waals surface area contributed by atoms with Gasteiger partial charge in [0.15, 0.2) is 0 Å². The van der Waals surface area contributed by atoms with Gasteiger partial charge >= 0.3 is 0 Å². The van der Waals surface area contributed by atoms with Crippen molar-refractivity contribution in [2.45, 2.75) is 0 Å². The summed E-state index contributed by atoms with van der Waals surface area (Å²) in [5.41, 5.74) is 6.40. The van der Waals surface area contributed by atoms with Gasteiger partial charge in [0, 0.05) is 5.02 Å². The number of H-pyrrole nitrogens is 1. The fourth-order valence-electron chi connectivity index (χ4n) is 1.11. The Morgan fingerprint density at radius 2 is 1.93 bits per heavy atom. The molecule has 3 N–H and O–H groups in total. The number of hydrogen-bond acceptors (Lipinski definition) is 3. The van der Waals surface area contributed by atoms with Crippen LogP contribution in [0, 0.1) is 0 Å². The highest BCUT2D eigenvalue weighted by Crippen LogP contribution is 2.11. The molecule has 0 aliphatic carbocycles. The molecule has 0 spiro atoms. The van der Waals surface area contributed by atoms with Gasteiger partial charge < -0.3 is 5.73 Å². The molecule has 0 aliphatic rings. The molecule has 0 atom stereocenters. The van der Waals surface area contributed by atoms with Gasteiger partial charge in [0.2, 0.25) is 5.95 Å². The minimum Gasteiger partial charge on any atom is -0.366 e. The van der Waals surface area contributed by atoms with Crippen molar-refractivity contribution in [3.63, 3.8) is 0 Å². The van der Waals surface area contributed by atoms with Crippen molar-refractivity contribution < 1.29 is 0 Å². The summed E-state index contributed by atoms with van der Waals surface area (Å²) in [6, 6.07) is 7.49. The number of nitrogens with one attached hydrogen (secondary N) is 1. The first-order valence-corrected chi connectivity index (χ1v) is 4.73. The van der Waals surface area contributed by atoms with Crippen molar-refractivity contribution in [3.05, 3.63) is 40.7 Å². The first-order valence-electron chi connectivity index (χ1n) is 4.35. The number of rotatable bonds is 2. The standard InChI is InChI=1S/C10H9ClN4/c11-8-4-1-7(2-5-8)3-6-9-13-10(12)15-14-9/h1-6H,(H3,12,13,14,15)/b6-3+. The van der Waals surface area contributed by atoms with E-state index in [0.29, 0.717) is 5.82 Å². The molecule has 2 rings (SSSR count). The van der Waals surface area contributed by atoms with Gasteiger partial charge in [-0.25, -0.2) is 0 Å². The summed E-state index contributed by atoms with van der Waals surface area (Å²) < 4.78 is 0. The van der Waals surface area contributed by atoms with Crippen LogP contribution in [0.4, 0.5) is 5.95 Å². The van der Waals surface area contributed by atoms with E-state index in [2.05, 4.69) is 15.2 Å². The van der Waals surface area contributed by atoms with Crippen LogP contribution in [0.15, 0.2) is 24.3 Å². The molecule has 15 heavy (non-hydrogen) atoms. The number of anilines is 1. The zero-order chi connectivity index (χ0) is 10.7. The van der Waals surface area contributed by atoms with Gasteiger partial charge in [-0.3, -0.25) is 5.10 Å². The molecule has 0 unspecified atom stereocenters. The molecule has 5 heteroatoms. The average Bonchev–Trinajstić information content (AvgIpc) is 2.64. The van der Waals surface area contributed by atoms with Crippen LogP contribution >= 0.6 is 11.6 Å². The summed E-state index contributed by atoms with van der Waals surface area (Å²) in [7, 11) is 0. The Balaban J connectivity index is 2.14. The van der Waals surface area contributed by atoms with Crippen molar-refractivity contribution in [3.8, 4) is 0 Å². The monoisotopic (exact) mass is 220 g/mol. The Morgan fingerprint density at radius 1 is 1.20 bits per heavy atom. The summed E-state index contributed by atoms with van der Waals surface area (Å²) in [5, 5.41) is 7.12. The lowest BCUT2D eigenvalue weighted by atomic mass is 10.2. The van der Waals surface area contributed by atoms with Crippen LogP contribution in [0.1, 0.15) is 11.4 Å². The summed E-state index contributed by atoms with van der Waals surface area (Å²) in [6.07, 6.45) is 3.70. The molecule has 0 aliphatic heterocycles. The second-order valence-corrected chi connectivity index (χ2v) is 3.40. The summed E-state index contributed by atoms with van der Waals surface area (Å²) >= 11 is 5.76. The van der Waals surface area contributed by atoms with E-state index in [9.17, 15) is 0 Å². The van der Waals surface area contributed by atoms with E-state index in [1.807, 2.05) is 30.3 Å². The molecule has 2 aromatic rings. The Bertz CT molecular complexity index is 472. The highest BCUT2D eigenvalue weighted by Gasteiger charge is 1.93. The average molecular weight is 221 g/mol. The fraction of sp³-hybridized carbons (Fsp3) is 0. The van der Waals surface area contributed by atoms with Gasteiger partial charge in [0.05, 0.1) is 0 Å². The second kappa shape index (κ2) is 4.14. The topological polar surface area (TPSA) is 67.6 Å². The van der Waals surface area contributed by atoms with Crippen LogP contribution in [-0.4, -0.2) is 15.2 Å². The Hall–Kier alpha value is -1.81.